The van der Waals surface area contributed by atoms with Gasteiger partial charge < -0.3 is 14.7 Å². The second kappa shape index (κ2) is 6.75. The third-order valence-electron chi connectivity index (χ3n) is 3.76. The molecule has 0 amide bonds. The quantitative estimate of drug-likeness (QED) is 0.726. The van der Waals surface area contributed by atoms with E-state index in [4.69, 9.17) is 0 Å². The smallest absolute Gasteiger partial charge is 0.387 e. The van der Waals surface area contributed by atoms with Crippen LogP contribution in [0, 0.1) is 13.8 Å². The van der Waals surface area contributed by atoms with Crippen molar-refractivity contribution in [2.24, 2.45) is 0 Å². The molecule has 0 bridgehead atoms. The van der Waals surface area contributed by atoms with Crippen molar-refractivity contribution >= 4 is 21.8 Å². The van der Waals surface area contributed by atoms with Crippen LogP contribution >= 0.6 is 0 Å². The van der Waals surface area contributed by atoms with E-state index >= 15 is 0 Å². The first kappa shape index (κ1) is 17.3. The number of benzene rings is 1. The molecular formula is C16H15F2N3O3S. The van der Waals surface area contributed by atoms with Crippen LogP contribution in [0.15, 0.2) is 34.3 Å². The molecule has 6 nitrogen and oxygen atoms in total. The van der Waals surface area contributed by atoms with Crippen molar-refractivity contribution in [2.45, 2.75) is 31.4 Å². The van der Waals surface area contributed by atoms with E-state index in [1.54, 1.807) is 20.0 Å². The van der Waals surface area contributed by atoms with Crippen molar-refractivity contribution in [2.75, 3.05) is 0 Å². The number of aromatic amines is 2. The molecule has 2 heterocycles. The van der Waals surface area contributed by atoms with Gasteiger partial charge >= 0.3 is 6.61 Å². The zero-order valence-corrected chi connectivity index (χ0v) is 14.2. The fraction of sp³-hybridized carbons (Fsp3) is 0.250. The number of nitrogens with one attached hydrogen (secondary N) is 2. The maximum Gasteiger partial charge on any atom is 0.387 e. The average Bonchev–Trinajstić information content (AvgIpc) is 2.98. The topological polar surface area (TPSA) is 87.8 Å². The Morgan fingerprint density at radius 1 is 1.32 bits per heavy atom. The molecule has 132 valence electrons. The first-order valence-corrected chi connectivity index (χ1v) is 8.67. The summed E-state index contributed by atoms with van der Waals surface area (Å²) >= 11 is 0. The van der Waals surface area contributed by atoms with Gasteiger partial charge in [-0.15, -0.1) is 0 Å². The van der Waals surface area contributed by atoms with Crippen molar-refractivity contribution in [3.63, 3.8) is 0 Å². The van der Waals surface area contributed by atoms with E-state index in [0.29, 0.717) is 27.9 Å². The van der Waals surface area contributed by atoms with Crippen LogP contribution in [0.3, 0.4) is 0 Å². The van der Waals surface area contributed by atoms with Crippen molar-refractivity contribution < 1.29 is 17.7 Å². The standard InChI is InChI=1S/C16H15F2N3O3S/c1-8-6-19-13(9(2)14(8)22)7-25(23)16-20-11-4-3-10(24-15(17)18)5-12(11)21-16/h3-6,15H,7H2,1-2H3,(H,19,22)(H,20,21). The van der Waals surface area contributed by atoms with Crippen LogP contribution in [0.2, 0.25) is 0 Å². The van der Waals surface area contributed by atoms with Crippen LogP contribution in [-0.4, -0.2) is 25.8 Å². The number of pyridine rings is 1. The fourth-order valence-electron chi connectivity index (χ4n) is 2.40. The Labute approximate surface area is 143 Å². The van der Waals surface area contributed by atoms with Gasteiger partial charge in [0.2, 0.25) is 0 Å². The highest BCUT2D eigenvalue weighted by molar-refractivity contribution is 7.84. The molecule has 2 N–H and O–H groups in total. The Bertz CT molecular complexity index is 1010. The zero-order chi connectivity index (χ0) is 18.1. The van der Waals surface area contributed by atoms with E-state index < -0.39 is 17.4 Å². The number of aryl methyl sites for hydroxylation is 1. The number of alkyl halides is 2. The number of imidazole rings is 1. The van der Waals surface area contributed by atoms with Crippen LogP contribution in [-0.2, 0) is 16.6 Å². The van der Waals surface area contributed by atoms with Gasteiger partial charge in [0.1, 0.15) is 5.75 Å². The fourth-order valence-corrected chi connectivity index (χ4v) is 3.52. The summed E-state index contributed by atoms with van der Waals surface area (Å²) in [6, 6.07) is 4.24. The van der Waals surface area contributed by atoms with Gasteiger partial charge in [-0.1, -0.05) is 0 Å². The molecule has 0 radical (unpaired) electrons. The Morgan fingerprint density at radius 2 is 2.08 bits per heavy atom. The molecule has 9 heteroatoms. The number of hydrogen-bond acceptors (Lipinski definition) is 4. The third-order valence-corrected chi connectivity index (χ3v) is 4.94. The summed E-state index contributed by atoms with van der Waals surface area (Å²) in [7, 11) is -1.54. The molecule has 3 rings (SSSR count). The van der Waals surface area contributed by atoms with Crippen LogP contribution < -0.4 is 10.2 Å². The summed E-state index contributed by atoms with van der Waals surface area (Å²) in [5.74, 6) is 0.0730. The summed E-state index contributed by atoms with van der Waals surface area (Å²) in [5.41, 5.74) is 2.49. The normalized spacial score (nSPS) is 12.7. The molecule has 25 heavy (non-hydrogen) atoms. The Balaban J connectivity index is 1.87. The van der Waals surface area contributed by atoms with Crippen LogP contribution in [0.5, 0.6) is 5.75 Å². The van der Waals surface area contributed by atoms with Gasteiger partial charge in [0.05, 0.1) is 27.6 Å². The van der Waals surface area contributed by atoms with Crippen molar-refractivity contribution in [3.05, 3.63) is 51.4 Å². The van der Waals surface area contributed by atoms with E-state index in [-0.39, 0.29) is 22.1 Å². The highest BCUT2D eigenvalue weighted by Gasteiger charge is 2.15. The molecule has 1 atom stereocenters. The second-order valence-electron chi connectivity index (χ2n) is 5.49. The average molecular weight is 367 g/mol. The molecule has 1 aromatic carbocycles. The van der Waals surface area contributed by atoms with E-state index in [2.05, 4.69) is 19.7 Å². The molecule has 1 unspecified atom stereocenters. The van der Waals surface area contributed by atoms with E-state index in [9.17, 15) is 17.8 Å². The first-order valence-electron chi connectivity index (χ1n) is 7.36. The lowest BCUT2D eigenvalue weighted by Crippen LogP contribution is -2.14. The lowest BCUT2D eigenvalue weighted by molar-refractivity contribution is -0.0497. The maximum absolute atomic E-state index is 12.5. The number of H-pyrrole nitrogens is 2. The highest BCUT2D eigenvalue weighted by Crippen LogP contribution is 2.22. The number of aromatic nitrogens is 3. The largest absolute Gasteiger partial charge is 0.435 e. The lowest BCUT2D eigenvalue weighted by atomic mass is 10.2. The van der Waals surface area contributed by atoms with Gasteiger partial charge in [-0.3, -0.25) is 9.00 Å². The summed E-state index contributed by atoms with van der Waals surface area (Å²) in [6.45, 7) is 0.450. The summed E-state index contributed by atoms with van der Waals surface area (Å²) in [5, 5.41) is 0.199. The predicted octanol–water partition coefficient (Wildman–Crippen LogP) is 2.78. The summed E-state index contributed by atoms with van der Waals surface area (Å²) in [4.78, 5) is 22.0. The Morgan fingerprint density at radius 3 is 2.80 bits per heavy atom. The minimum Gasteiger partial charge on any atom is -0.435 e. The van der Waals surface area contributed by atoms with Crippen LogP contribution in [0.25, 0.3) is 11.0 Å². The highest BCUT2D eigenvalue weighted by atomic mass is 32.2. The van der Waals surface area contributed by atoms with Crippen molar-refractivity contribution in [1.82, 2.24) is 15.0 Å². The lowest BCUT2D eigenvalue weighted by Gasteiger charge is -2.05. The second-order valence-corrected chi connectivity index (χ2v) is 6.86. The molecule has 0 aliphatic carbocycles. The zero-order valence-electron chi connectivity index (χ0n) is 13.4. The number of hydrogen-bond donors (Lipinski definition) is 2. The number of ether oxygens (including phenoxy) is 1. The van der Waals surface area contributed by atoms with Gasteiger partial charge in [0.25, 0.3) is 0 Å². The van der Waals surface area contributed by atoms with Gasteiger partial charge in [-0.25, -0.2) is 4.98 Å². The van der Waals surface area contributed by atoms with Gasteiger partial charge in [0.15, 0.2) is 10.6 Å². The third kappa shape index (κ3) is 3.60. The van der Waals surface area contributed by atoms with E-state index in [1.165, 1.54) is 18.2 Å². The predicted molar refractivity (Wildman–Crippen MR) is 89.4 cm³/mol. The summed E-state index contributed by atoms with van der Waals surface area (Å²) < 4.78 is 41.4. The molecule has 3 aromatic rings. The maximum atomic E-state index is 12.5. The number of halogens is 2. The molecule has 2 aromatic heterocycles. The van der Waals surface area contributed by atoms with Gasteiger partial charge in [-0.2, -0.15) is 8.78 Å². The Hall–Kier alpha value is -2.55. The van der Waals surface area contributed by atoms with Gasteiger partial charge in [0, 0.05) is 29.1 Å². The monoisotopic (exact) mass is 367 g/mol. The molecule has 0 spiro atoms. The number of nitrogens with zero attached hydrogens (tertiary/aromatic N) is 1. The van der Waals surface area contributed by atoms with E-state index in [1.807, 2.05) is 0 Å². The number of fused-ring (bicyclic) bond motifs is 1. The molecule has 0 saturated carbocycles. The Kier molecular flexibility index (Phi) is 4.67. The minimum absolute atomic E-state index is 0.0119. The number of rotatable bonds is 5. The first-order chi connectivity index (χ1) is 11.8. The summed E-state index contributed by atoms with van der Waals surface area (Å²) in [6.07, 6.45) is 1.58. The minimum atomic E-state index is -2.92. The SMILES string of the molecule is Cc1c[nH]c(CS(=O)c2nc3ccc(OC(F)F)cc3[nH]2)c(C)c1=O. The van der Waals surface area contributed by atoms with E-state index in [0.717, 1.165) is 0 Å². The van der Waals surface area contributed by atoms with Crippen LogP contribution in [0.4, 0.5) is 8.78 Å². The van der Waals surface area contributed by atoms with Crippen molar-refractivity contribution in [1.29, 1.82) is 0 Å². The van der Waals surface area contributed by atoms with Gasteiger partial charge in [-0.05, 0) is 26.0 Å². The molecule has 0 saturated heterocycles. The van der Waals surface area contributed by atoms with Crippen LogP contribution in [0.1, 0.15) is 16.8 Å². The molecule has 0 aliphatic rings. The molecular weight excluding hydrogens is 352 g/mol. The molecule has 0 aliphatic heterocycles. The van der Waals surface area contributed by atoms with Crippen molar-refractivity contribution in [3.8, 4) is 5.75 Å². The molecule has 0 fully saturated rings.